The van der Waals surface area contributed by atoms with E-state index in [2.05, 4.69) is 0 Å². The summed E-state index contributed by atoms with van der Waals surface area (Å²) in [6.07, 6.45) is 7.27. The molecule has 0 heterocycles. The summed E-state index contributed by atoms with van der Waals surface area (Å²) >= 11 is 0. The van der Waals surface area contributed by atoms with E-state index in [0.717, 1.165) is 18.8 Å². The Morgan fingerprint density at radius 1 is 1.40 bits per heavy atom. The third-order valence-corrected chi connectivity index (χ3v) is 2.17. The first-order valence-electron chi connectivity index (χ1n) is 4.45. The summed E-state index contributed by atoms with van der Waals surface area (Å²) in [5.41, 5.74) is 0. The maximum absolute atomic E-state index is 10.6. The highest BCUT2D eigenvalue weighted by Crippen LogP contribution is 2.34. The lowest BCUT2D eigenvalue weighted by Crippen LogP contribution is -1.96. The Kier molecular flexibility index (Phi) is 3.20. The molecule has 1 unspecified atom stereocenters. The average Bonchev–Trinajstić information content (AvgIpc) is 2.62. The zero-order chi connectivity index (χ0) is 7.40. The van der Waals surface area contributed by atoms with Crippen molar-refractivity contribution in [1.29, 1.82) is 0 Å². The maximum atomic E-state index is 10.6. The van der Waals surface area contributed by atoms with Crippen LogP contribution in [0.15, 0.2) is 0 Å². The molecule has 1 rings (SSSR count). The number of rotatable bonds is 5. The molecule has 0 saturated heterocycles. The fourth-order valence-electron chi connectivity index (χ4n) is 1.27. The Balaban J connectivity index is 1.76. The van der Waals surface area contributed by atoms with Crippen LogP contribution in [0.2, 0.25) is 0 Å². The van der Waals surface area contributed by atoms with Gasteiger partial charge in [0.05, 0.1) is 6.10 Å². The van der Waals surface area contributed by atoms with E-state index in [0.29, 0.717) is 0 Å². The standard InChI is InChI=1S/C9H17O/c1-8(10)4-2-3-5-9-6-7-9/h8-9H,2-7H2,1H3. The molecular formula is C9H17O. The van der Waals surface area contributed by atoms with E-state index in [9.17, 15) is 5.11 Å². The van der Waals surface area contributed by atoms with Crippen molar-refractivity contribution in [2.75, 3.05) is 0 Å². The molecule has 1 atom stereocenters. The summed E-state index contributed by atoms with van der Waals surface area (Å²) < 4.78 is 0. The fourth-order valence-corrected chi connectivity index (χ4v) is 1.27. The van der Waals surface area contributed by atoms with Crippen molar-refractivity contribution in [2.24, 2.45) is 5.92 Å². The van der Waals surface area contributed by atoms with E-state index in [1.807, 2.05) is 0 Å². The molecule has 0 aliphatic heterocycles. The average molecular weight is 141 g/mol. The predicted molar refractivity (Wildman–Crippen MR) is 41.3 cm³/mol. The number of hydrogen-bond donors (Lipinski definition) is 0. The summed E-state index contributed by atoms with van der Waals surface area (Å²) in [4.78, 5) is 0. The van der Waals surface area contributed by atoms with Crippen LogP contribution in [-0.4, -0.2) is 6.10 Å². The van der Waals surface area contributed by atoms with Crippen molar-refractivity contribution in [3.05, 3.63) is 0 Å². The van der Waals surface area contributed by atoms with Crippen LogP contribution in [0.5, 0.6) is 0 Å². The van der Waals surface area contributed by atoms with Gasteiger partial charge in [0, 0.05) is 0 Å². The second-order valence-electron chi connectivity index (χ2n) is 3.54. The molecule has 1 fully saturated rings. The van der Waals surface area contributed by atoms with Crippen LogP contribution in [0.4, 0.5) is 0 Å². The van der Waals surface area contributed by atoms with Crippen LogP contribution in [0.3, 0.4) is 0 Å². The van der Waals surface area contributed by atoms with Gasteiger partial charge in [-0.05, 0) is 19.3 Å². The molecule has 0 aromatic heterocycles. The lowest BCUT2D eigenvalue weighted by Gasteiger charge is -1.99. The molecule has 0 spiro atoms. The molecule has 10 heavy (non-hydrogen) atoms. The van der Waals surface area contributed by atoms with Gasteiger partial charge < -0.3 is 0 Å². The van der Waals surface area contributed by atoms with Gasteiger partial charge in [0.25, 0.3) is 0 Å². The van der Waals surface area contributed by atoms with Gasteiger partial charge in [-0.1, -0.05) is 32.1 Å². The van der Waals surface area contributed by atoms with Crippen molar-refractivity contribution in [3.8, 4) is 0 Å². The maximum Gasteiger partial charge on any atom is 0.0902 e. The van der Waals surface area contributed by atoms with E-state index in [1.165, 1.54) is 25.7 Å². The molecular weight excluding hydrogens is 124 g/mol. The van der Waals surface area contributed by atoms with Crippen molar-refractivity contribution in [2.45, 2.75) is 51.6 Å². The Morgan fingerprint density at radius 2 is 2.10 bits per heavy atom. The van der Waals surface area contributed by atoms with E-state index in [1.54, 1.807) is 6.92 Å². The zero-order valence-electron chi connectivity index (χ0n) is 6.81. The highest BCUT2D eigenvalue weighted by atomic mass is 16.3. The number of hydrogen-bond acceptors (Lipinski definition) is 0. The smallest absolute Gasteiger partial charge is 0.0902 e. The zero-order valence-corrected chi connectivity index (χ0v) is 6.81. The van der Waals surface area contributed by atoms with Crippen molar-refractivity contribution in [3.63, 3.8) is 0 Å². The Labute approximate surface area is 63.4 Å². The lowest BCUT2D eigenvalue weighted by atomic mass is 10.1. The van der Waals surface area contributed by atoms with Crippen LogP contribution < -0.4 is 0 Å². The fraction of sp³-hybridized carbons (Fsp3) is 1.00. The van der Waals surface area contributed by atoms with Crippen LogP contribution in [-0.2, 0) is 5.11 Å². The van der Waals surface area contributed by atoms with E-state index < -0.39 is 0 Å². The summed E-state index contributed by atoms with van der Waals surface area (Å²) in [6.45, 7) is 1.76. The van der Waals surface area contributed by atoms with Crippen LogP contribution in [0, 0.1) is 5.92 Å². The molecule has 1 radical (unpaired) electrons. The first-order valence-corrected chi connectivity index (χ1v) is 4.45. The van der Waals surface area contributed by atoms with Crippen LogP contribution in [0.25, 0.3) is 0 Å². The Morgan fingerprint density at radius 3 is 2.60 bits per heavy atom. The van der Waals surface area contributed by atoms with Crippen molar-refractivity contribution < 1.29 is 5.11 Å². The minimum Gasteiger partial charge on any atom is -0.233 e. The molecule has 1 aliphatic rings. The van der Waals surface area contributed by atoms with Gasteiger partial charge in [-0.15, -0.1) is 0 Å². The van der Waals surface area contributed by atoms with Gasteiger partial charge in [-0.25, -0.2) is 5.11 Å². The third-order valence-electron chi connectivity index (χ3n) is 2.17. The molecule has 1 aliphatic carbocycles. The summed E-state index contributed by atoms with van der Waals surface area (Å²) in [5.74, 6) is 1.04. The molecule has 0 N–H and O–H groups in total. The molecule has 1 saturated carbocycles. The van der Waals surface area contributed by atoms with Gasteiger partial charge >= 0.3 is 0 Å². The summed E-state index contributed by atoms with van der Waals surface area (Å²) in [7, 11) is 0. The third kappa shape index (κ3) is 3.89. The van der Waals surface area contributed by atoms with Gasteiger partial charge in [-0.2, -0.15) is 0 Å². The quantitative estimate of drug-likeness (QED) is 0.525. The van der Waals surface area contributed by atoms with E-state index in [-0.39, 0.29) is 6.10 Å². The van der Waals surface area contributed by atoms with E-state index in [4.69, 9.17) is 0 Å². The van der Waals surface area contributed by atoms with Crippen LogP contribution >= 0.6 is 0 Å². The SMILES string of the molecule is CC([O])CCCCC1CC1. The molecule has 59 valence electrons. The van der Waals surface area contributed by atoms with Gasteiger partial charge in [0.15, 0.2) is 0 Å². The van der Waals surface area contributed by atoms with Gasteiger partial charge in [0.1, 0.15) is 0 Å². The Bertz CT molecular complexity index is 80.7. The monoisotopic (exact) mass is 141 g/mol. The topological polar surface area (TPSA) is 19.9 Å². The highest BCUT2D eigenvalue weighted by Gasteiger charge is 2.19. The van der Waals surface area contributed by atoms with Gasteiger partial charge in [0.2, 0.25) is 0 Å². The number of unbranched alkanes of at least 4 members (excludes halogenated alkanes) is 1. The molecule has 0 aromatic carbocycles. The van der Waals surface area contributed by atoms with Crippen molar-refractivity contribution >= 4 is 0 Å². The van der Waals surface area contributed by atoms with Crippen LogP contribution in [0.1, 0.15) is 45.4 Å². The second kappa shape index (κ2) is 3.97. The first kappa shape index (κ1) is 8.06. The molecule has 1 heteroatoms. The molecule has 0 bridgehead atoms. The normalized spacial score (nSPS) is 21.0. The minimum atomic E-state index is -0.334. The van der Waals surface area contributed by atoms with Gasteiger partial charge in [-0.3, -0.25) is 0 Å². The predicted octanol–water partition coefficient (Wildman–Crippen LogP) is 2.78. The largest absolute Gasteiger partial charge is 0.233 e. The summed E-state index contributed by atoms with van der Waals surface area (Å²) in [5, 5.41) is 10.6. The molecule has 0 amide bonds. The summed E-state index contributed by atoms with van der Waals surface area (Å²) in [6, 6.07) is 0. The second-order valence-corrected chi connectivity index (χ2v) is 3.54. The Hall–Kier alpha value is -0.0400. The first-order chi connectivity index (χ1) is 4.79. The lowest BCUT2D eigenvalue weighted by molar-refractivity contribution is 0.0949. The molecule has 1 nitrogen and oxygen atoms in total. The highest BCUT2D eigenvalue weighted by molar-refractivity contribution is 4.72. The van der Waals surface area contributed by atoms with Crippen molar-refractivity contribution in [1.82, 2.24) is 0 Å². The molecule has 0 aromatic rings. The van der Waals surface area contributed by atoms with E-state index >= 15 is 0 Å². The minimum absolute atomic E-state index is 0.334.